The van der Waals surface area contributed by atoms with Crippen molar-refractivity contribution in [1.82, 2.24) is 19.5 Å². The molecule has 0 aliphatic heterocycles. The average Bonchev–Trinajstić information content (AvgIpc) is 2.77. The van der Waals surface area contributed by atoms with Crippen LogP contribution in [0.15, 0.2) is 11.1 Å². The third kappa shape index (κ3) is 2.45. The molecule has 0 spiro atoms. The lowest BCUT2D eigenvalue weighted by atomic mass is 10.4. The molecule has 2 N–H and O–H groups in total. The Morgan fingerprint density at radius 2 is 2.41 bits per heavy atom. The van der Waals surface area contributed by atoms with Gasteiger partial charge in [-0.3, -0.25) is 9.78 Å². The molecule has 0 aromatic carbocycles. The van der Waals surface area contributed by atoms with Crippen LogP contribution in [0, 0.1) is 4.77 Å². The number of fused-ring (bicyclic) bond motifs is 1. The number of ether oxygens (including phenoxy) is 1. The first-order valence-electron chi connectivity index (χ1n) is 5.48. The van der Waals surface area contributed by atoms with Crippen LogP contribution in [0.3, 0.4) is 0 Å². The van der Waals surface area contributed by atoms with Crippen LogP contribution < -0.4 is 5.56 Å². The van der Waals surface area contributed by atoms with Gasteiger partial charge in [0.05, 0.1) is 6.33 Å². The summed E-state index contributed by atoms with van der Waals surface area (Å²) in [5.74, 6) is 0. The van der Waals surface area contributed by atoms with Gasteiger partial charge in [-0.2, -0.15) is 0 Å². The lowest BCUT2D eigenvalue weighted by molar-refractivity contribution is 0.141. The highest BCUT2D eigenvalue weighted by Gasteiger charge is 2.07. The zero-order valence-electron chi connectivity index (χ0n) is 9.52. The Bertz CT molecular complexity index is 613. The van der Waals surface area contributed by atoms with Gasteiger partial charge in [-0.25, -0.2) is 4.98 Å². The van der Waals surface area contributed by atoms with Crippen molar-refractivity contribution in [2.75, 3.05) is 13.2 Å². The summed E-state index contributed by atoms with van der Waals surface area (Å²) >= 11 is 5.12. The first kappa shape index (κ1) is 12.0. The Labute approximate surface area is 103 Å². The van der Waals surface area contributed by atoms with Gasteiger partial charge in [0.2, 0.25) is 0 Å². The van der Waals surface area contributed by atoms with Crippen LogP contribution in [-0.2, 0) is 11.3 Å². The number of rotatable bonds is 5. The minimum atomic E-state index is -0.233. The number of nitrogens with one attached hydrogen (secondary N) is 2. The molecule has 0 atom stereocenters. The SMILES string of the molecule is CCOCCCn1c(=S)[nH]c(=O)c2[nH]cnc21. The smallest absolute Gasteiger partial charge is 0.277 e. The van der Waals surface area contributed by atoms with Gasteiger partial charge in [0.15, 0.2) is 10.4 Å². The fourth-order valence-electron chi connectivity index (χ4n) is 1.66. The lowest BCUT2D eigenvalue weighted by Crippen LogP contribution is -2.15. The normalized spacial score (nSPS) is 11.1. The Balaban J connectivity index is 2.30. The molecule has 0 aliphatic carbocycles. The van der Waals surface area contributed by atoms with Crippen LogP contribution >= 0.6 is 12.2 Å². The predicted octanol–water partition coefficient (Wildman–Crippen LogP) is 1.21. The third-order valence-electron chi connectivity index (χ3n) is 2.44. The number of nitrogens with zero attached hydrogens (tertiary/aromatic N) is 2. The maximum atomic E-state index is 11.6. The van der Waals surface area contributed by atoms with E-state index in [2.05, 4.69) is 15.0 Å². The zero-order chi connectivity index (χ0) is 12.3. The molecule has 0 saturated carbocycles. The molecule has 0 radical (unpaired) electrons. The molecular formula is C10H14N4O2S. The van der Waals surface area contributed by atoms with Crippen molar-refractivity contribution in [3.05, 3.63) is 21.5 Å². The minimum Gasteiger partial charge on any atom is -0.382 e. The second-order valence-electron chi connectivity index (χ2n) is 3.56. The molecule has 2 aromatic heterocycles. The van der Waals surface area contributed by atoms with Crippen molar-refractivity contribution in [1.29, 1.82) is 0 Å². The van der Waals surface area contributed by atoms with E-state index in [4.69, 9.17) is 17.0 Å². The third-order valence-corrected chi connectivity index (χ3v) is 2.76. The summed E-state index contributed by atoms with van der Waals surface area (Å²) in [6, 6.07) is 0. The van der Waals surface area contributed by atoms with Crippen molar-refractivity contribution in [2.24, 2.45) is 0 Å². The van der Waals surface area contributed by atoms with E-state index in [0.29, 0.717) is 35.7 Å². The van der Waals surface area contributed by atoms with Crippen LogP contribution in [-0.4, -0.2) is 32.7 Å². The monoisotopic (exact) mass is 254 g/mol. The van der Waals surface area contributed by atoms with Gasteiger partial charge in [0.25, 0.3) is 5.56 Å². The summed E-state index contributed by atoms with van der Waals surface area (Å²) in [6.45, 7) is 4.01. The van der Waals surface area contributed by atoms with Gasteiger partial charge in [-0.15, -0.1) is 0 Å². The van der Waals surface area contributed by atoms with Gasteiger partial charge in [-0.1, -0.05) is 0 Å². The van der Waals surface area contributed by atoms with Gasteiger partial charge >= 0.3 is 0 Å². The standard InChI is InChI=1S/C10H14N4O2S/c1-2-16-5-3-4-14-8-7(11-6-12-8)9(15)13-10(14)17/h6H,2-5H2,1H3,(H,11,12)(H,13,15,17). The topological polar surface area (TPSA) is 75.7 Å². The highest BCUT2D eigenvalue weighted by Crippen LogP contribution is 2.05. The molecule has 0 amide bonds. The number of aromatic nitrogens is 4. The van der Waals surface area contributed by atoms with Crippen LogP contribution in [0.1, 0.15) is 13.3 Å². The number of imidazole rings is 1. The number of aryl methyl sites for hydroxylation is 1. The minimum absolute atomic E-state index is 0.233. The quantitative estimate of drug-likeness (QED) is 0.621. The van der Waals surface area contributed by atoms with E-state index in [1.165, 1.54) is 6.33 Å². The Morgan fingerprint density at radius 1 is 1.59 bits per heavy atom. The predicted molar refractivity (Wildman–Crippen MR) is 66.6 cm³/mol. The van der Waals surface area contributed by atoms with Gasteiger partial charge in [0, 0.05) is 19.8 Å². The van der Waals surface area contributed by atoms with Crippen molar-refractivity contribution in [2.45, 2.75) is 19.9 Å². The van der Waals surface area contributed by atoms with E-state index < -0.39 is 0 Å². The molecule has 2 aromatic rings. The molecule has 0 saturated heterocycles. The van der Waals surface area contributed by atoms with Crippen molar-refractivity contribution in [3.63, 3.8) is 0 Å². The average molecular weight is 254 g/mol. The van der Waals surface area contributed by atoms with E-state index in [1.807, 2.05) is 11.5 Å². The summed E-state index contributed by atoms with van der Waals surface area (Å²) in [4.78, 5) is 21.1. The van der Waals surface area contributed by atoms with Crippen molar-refractivity contribution < 1.29 is 4.74 Å². The van der Waals surface area contributed by atoms with Crippen molar-refractivity contribution in [3.8, 4) is 0 Å². The number of H-pyrrole nitrogens is 2. The largest absolute Gasteiger partial charge is 0.382 e. The molecule has 6 nitrogen and oxygen atoms in total. The first-order chi connectivity index (χ1) is 8.24. The second-order valence-corrected chi connectivity index (χ2v) is 3.95. The summed E-state index contributed by atoms with van der Waals surface area (Å²) in [5, 5.41) is 0. The molecule has 0 unspecified atom stereocenters. The van der Waals surface area contributed by atoms with Crippen LogP contribution in [0.25, 0.3) is 11.2 Å². The summed E-state index contributed by atoms with van der Waals surface area (Å²) < 4.78 is 7.47. The van der Waals surface area contributed by atoms with Gasteiger partial charge in [0.1, 0.15) is 5.52 Å². The molecule has 7 heteroatoms. The van der Waals surface area contributed by atoms with Crippen LogP contribution in [0.2, 0.25) is 0 Å². The Kier molecular flexibility index (Phi) is 3.70. The molecule has 0 bridgehead atoms. The summed E-state index contributed by atoms with van der Waals surface area (Å²) in [7, 11) is 0. The fourth-order valence-corrected chi connectivity index (χ4v) is 1.93. The zero-order valence-corrected chi connectivity index (χ0v) is 10.3. The number of hydrogen-bond acceptors (Lipinski definition) is 4. The van der Waals surface area contributed by atoms with Crippen LogP contribution in [0.4, 0.5) is 0 Å². The lowest BCUT2D eigenvalue weighted by Gasteiger charge is -2.07. The molecule has 92 valence electrons. The van der Waals surface area contributed by atoms with Gasteiger partial charge < -0.3 is 14.3 Å². The van der Waals surface area contributed by atoms with Crippen LogP contribution in [0.5, 0.6) is 0 Å². The molecule has 17 heavy (non-hydrogen) atoms. The maximum Gasteiger partial charge on any atom is 0.277 e. The highest BCUT2D eigenvalue weighted by molar-refractivity contribution is 7.71. The molecular weight excluding hydrogens is 240 g/mol. The van der Waals surface area contributed by atoms with E-state index in [-0.39, 0.29) is 5.56 Å². The highest BCUT2D eigenvalue weighted by atomic mass is 32.1. The molecule has 0 aliphatic rings. The molecule has 0 fully saturated rings. The van der Waals surface area contributed by atoms with E-state index >= 15 is 0 Å². The summed E-state index contributed by atoms with van der Waals surface area (Å²) in [5.41, 5.74) is 0.814. The molecule has 2 heterocycles. The van der Waals surface area contributed by atoms with Gasteiger partial charge in [-0.05, 0) is 25.6 Å². The first-order valence-corrected chi connectivity index (χ1v) is 5.88. The number of aromatic amines is 2. The number of hydrogen-bond donors (Lipinski definition) is 2. The maximum absolute atomic E-state index is 11.6. The Hall–Kier alpha value is -1.47. The Morgan fingerprint density at radius 3 is 3.18 bits per heavy atom. The van der Waals surface area contributed by atoms with E-state index in [0.717, 1.165) is 6.42 Å². The molecule has 2 rings (SSSR count). The van der Waals surface area contributed by atoms with E-state index in [1.54, 1.807) is 0 Å². The van der Waals surface area contributed by atoms with E-state index in [9.17, 15) is 4.79 Å². The summed E-state index contributed by atoms with van der Waals surface area (Å²) in [6.07, 6.45) is 2.32. The fraction of sp³-hybridized carbons (Fsp3) is 0.500. The van der Waals surface area contributed by atoms with Crippen molar-refractivity contribution >= 4 is 23.4 Å². The second kappa shape index (κ2) is 5.24.